The van der Waals surface area contributed by atoms with Gasteiger partial charge in [0.25, 0.3) is 0 Å². The van der Waals surface area contributed by atoms with Crippen molar-refractivity contribution in [3.8, 4) is 11.3 Å². The van der Waals surface area contributed by atoms with Gasteiger partial charge in [-0.25, -0.2) is 4.98 Å². The number of aromatic amines is 1. The van der Waals surface area contributed by atoms with Gasteiger partial charge in [0.05, 0.1) is 18.2 Å². The minimum atomic E-state index is 0.360. The van der Waals surface area contributed by atoms with Crippen molar-refractivity contribution in [2.75, 3.05) is 18.5 Å². The second-order valence-corrected chi connectivity index (χ2v) is 6.13. The Labute approximate surface area is 135 Å². The number of aryl methyl sites for hydroxylation is 2. The summed E-state index contributed by atoms with van der Waals surface area (Å²) in [6, 6.07) is 6.57. The van der Waals surface area contributed by atoms with Gasteiger partial charge < -0.3 is 15.0 Å². The molecule has 1 aliphatic heterocycles. The van der Waals surface area contributed by atoms with Crippen LogP contribution in [0.3, 0.4) is 0 Å². The molecule has 5 nitrogen and oxygen atoms in total. The van der Waals surface area contributed by atoms with E-state index < -0.39 is 0 Å². The molecule has 0 amide bonds. The Morgan fingerprint density at radius 1 is 1.26 bits per heavy atom. The molecule has 0 aromatic carbocycles. The Bertz CT molecular complexity index is 849. The fourth-order valence-corrected chi connectivity index (χ4v) is 3.15. The van der Waals surface area contributed by atoms with Crippen LogP contribution < -0.4 is 5.32 Å². The van der Waals surface area contributed by atoms with E-state index in [1.807, 2.05) is 25.4 Å². The topological polar surface area (TPSA) is 62.8 Å². The summed E-state index contributed by atoms with van der Waals surface area (Å²) in [5.41, 5.74) is 5.62. The van der Waals surface area contributed by atoms with E-state index in [0.717, 1.165) is 53.3 Å². The monoisotopic (exact) mass is 308 g/mol. The van der Waals surface area contributed by atoms with Crippen LogP contribution >= 0.6 is 0 Å². The number of nitrogens with zero attached hydrogens (tertiary/aromatic N) is 2. The average molecular weight is 308 g/mol. The van der Waals surface area contributed by atoms with Crippen molar-refractivity contribution in [1.29, 1.82) is 0 Å². The zero-order valence-corrected chi connectivity index (χ0v) is 13.4. The van der Waals surface area contributed by atoms with Crippen molar-refractivity contribution in [3.05, 3.63) is 41.9 Å². The molecule has 23 heavy (non-hydrogen) atoms. The number of nitrogens with one attached hydrogen (secondary N) is 2. The number of rotatable bonds is 3. The molecule has 118 valence electrons. The minimum absolute atomic E-state index is 0.360. The van der Waals surface area contributed by atoms with Gasteiger partial charge in [0.1, 0.15) is 5.82 Å². The standard InChI is InChI=1S/C18H20N4O/c1-11-7-13(3-5-19-11)18-12(2)15-9-20-17(8-16(15)22-18)21-14-4-6-23-10-14/h3,5,7-9,14,22H,4,6,10H2,1-2H3,(H,20,21)/t14-/m0/s1. The molecule has 1 saturated heterocycles. The van der Waals surface area contributed by atoms with E-state index in [4.69, 9.17) is 4.74 Å². The molecule has 4 rings (SSSR count). The van der Waals surface area contributed by atoms with Crippen LogP contribution in [0.2, 0.25) is 0 Å². The number of hydrogen-bond donors (Lipinski definition) is 2. The number of anilines is 1. The summed E-state index contributed by atoms with van der Waals surface area (Å²) >= 11 is 0. The molecule has 2 N–H and O–H groups in total. The Morgan fingerprint density at radius 3 is 2.96 bits per heavy atom. The van der Waals surface area contributed by atoms with Crippen molar-refractivity contribution in [2.24, 2.45) is 0 Å². The summed E-state index contributed by atoms with van der Waals surface area (Å²) in [6.07, 6.45) is 4.82. The number of H-pyrrole nitrogens is 1. The van der Waals surface area contributed by atoms with E-state index in [2.05, 4.69) is 39.3 Å². The molecule has 1 aliphatic rings. The van der Waals surface area contributed by atoms with Gasteiger partial charge in [0.2, 0.25) is 0 Å². The van der Waals surface area contributed by atoms with Crippen LogP contribution in [0.4, 0.5) is 5.82 Å². The van der Waals surface area contributed by atoms with E-state index in [9.17, 15) is 0 Å². The molecule has 0 saturated carbocycles. The predicted molar refractivity (Wildman–Crippen MR) is 91.6 cm³/mol. The number of pyridine rings is 2. The maximum Gasteiger partial charge on any atom is 0.128 e. The summed E-state index contributed by atoms with van der Waals surface area (Å²) in [6.45, 7) is 5.72. The van der Waals surface area contributed by atoms with Crippen molar-refractivity contribution in [1.82, 2.24) is 15.0 Å². The second-order valence-electron chi connectivity index (χ2n) is 6.13. The highest BCUT2D eigenvalue weighted by Gasteiger charge is 2.16. The summed E-state index contributed by atoms with van der Waals surface area (Å²) in [5, 5.41) is 4.60. The molecule has 5 heteroatoms. The molecule has 3 aromatic heterocycles. The van der Waals surface area contributed by atoms with Crippen LogP contribution in [-0.4, -0.2) is 34.2 Å². The van der Waals surface area contributed by atoms with Crippen molar-refractivity contribution in [2.45, 2.75) is 26.3 Å². The lowest BCUT2D eigenvalue weighted by atomic mass is 10.1. The van der Waals surface area contributed by atoms with Crippen LogP contribution in [0.15, 0.2) is 30.6 Å². The summed E-state index contributed by atoms with van der Waals surface area (Å²) in [5.74, 6) is 0.895. The Morgan fingerprint density at radius 2 is 2.17 bits per heavy atom. The number of ether oxygens (including phenoxy) is 1. The first-order valence-electron chi connectivity index (χ1n) is 7.96. The van der Waals surface area contributed by atoms with Gasteiger partial charge in [0, 0.05) is 47.4 Å². The second kappa shape index (κ2) is 5.66. The number of aromatic nitrogens is 3. The normalized spacial score (nSPS) is 17.7. The van der Waals surface area contributed by atoms with E-state index >= 15 is 0 Å². The van der Waals surface area contributed by atoms with Crippen LogP contribution in [-0.2, 0) is 4.74 Å². The Kier molecular flexibility index (Phi) is 3.50. The largest absolute Gasteiger partial charge is 0.379 e. The smallest absolute Gasteiger partial charge is 0.128 e. The van der Waals surface area contributed by atoms with Crippen LogP contribution in [0.5, 0.6) is 0 Å². The third-order valence-electron chi connectivity index (χ3n) is 4.41. The first-order valence-corrected chi connectivity index (χ1v) is 7.96. The molecule has 3 aromatic rings. The van der Waals surface area contributed by atoms with Gasteiger partial charge in [-0.1, -0.05) is 0 Å². The van der Waals surface area contributed by atoms with E-state index in [1.165, 1.54) is 5.56 Å². The van der Waals surface area contributed by atoms with Gasteiger partial charge in [-0.05, 0) is 38.0 Å². The fraction of sp³-hybridized carbons (Fsp3) is 0.333. The summed E-state index contributed by atoms with van der Waals surface area (Å²) in [7, 11) is 0. The molecule has 0 unspecified atom stereocenters. The van der Waals surface area contributed by atoms with Crippen LogP contribution in [0.25, 0.3) is 22.2 Å². The van der Waals surface area contributed by atoms with Crippen molar-refractivity contribution in [3.63, 3.8) is 0 Å². The molecule has 0 spiro atoms. The first kappa shape index (κ1) is 14.2. The predicted octanol–water partition coefficient (Wildman–Crippen LogP) is 3.44. The third kappa shape index (κ3) is 2.68. The third-order valence-corrected chi connectivity index (χ3v) is 4.41. The molecular formula is C18H20N4O. The van der Waals surface area contributed by atoms with E-state index in [1.54, 1.807) is 0 Å². The maximum absolute atomic E-state index is 5.41. The van der Waals surface area contributed by atoms with Gasteiger partial charge in [-0.3, -0.25) is 4.98 Å². The number of fused-ring (bicyclic) bond motifs is 1. The van der Waals surface area contributed by atoms with Gasteiger partial charge in [-0.15, -0.1) is 0 Å². The van der Waals surface area contributed by atoms with Gasteiger partial charge >= 0.3 is 0 Å². The SMILES string of the molecule is Cc1cc(-c2[nH]c3cc(N[C@H]4CCOC4)ncc3c2C)ccn1. The zero-order chi connectivity index (χ0) is 15.8. The lowest BCUT2D eigenvalue weighted by Crippen LogP contribution is -2.19. The highest BCUT2D eigenvalue weighted by atomic mass is 16.5. The van der Waals surface area contributed by atoms with E-state index in [-0.39, 0.29) is 0 Å². The molecule has 1 fully saturated rings. The number of hydrogen-bond acceptors (Lipinski definition) is 4. The van der Waals surface area contributed by atoms with E-state index in [0.29, 0.717) is 6.04 Å². The van der Waals surface area contributed by atoms with Crippen LogP contribution in [0, 0.1) is 13.8 Å². The highest BCUT2D eigenvalue weighted by Crippen LogP contribution is 2.30. The molecular weight excluding hydrogens is 288 g/mol. The summed E-state index contributed by atoms with van der Waals surface area (Å²) < 4.78 is 5.41. The quantitative estimate of drug-likeness (QED) is 0.778. The van der Waals surface area contributed by atoms with Crippen LogP contribution in [0.1, 0.15) is 17.7 Å². The molecule has 0 bridgehead atoms. The van der Waals surface area contributed by atoms with Crippen molar-refractivity contribution < 1.29 is 4.74 Å². The first-order chi connectivity index (χ1) is 11.2. The molecule has 0 radical (unpaired) electrons. The minimum Gasteiger partial charge on any atom is -0.379 e. The zero-order valence-electron chi connectivity index (χ0n) is 13.4. The maximum atomic E-state index is 5.41. The fourth-order valence-electron chi connectivity index (χ4n) is 3.15. The van der Waals surface area contributed by atoms with Gasteiger partial charge in [-0.2, -0.15) is 0 Å². The highest BCUT2D eigenvalue weighted by molar-refractivity contribution is 5.91. The van der Waals surface area contributed by atoms with Gasteiger partial charge in [0.15, 0.2) is 0 Å². The summed E-state index contributed by atoms with van der Waals surface area (Å²) in [4.78, 5) is 12.4. The average Bonchev–Trinajstić information content (AvgIpc) is 3.16. The Hall–Kier alpha value is -2.40. The lowest BCUT2D eigenvalue weighted by molar-refractivity contribution is 0.195. The Balaban J connectivity index is 1.72. The molecule has 0 aliphatic carbocycles. The molecule has 4 heterocycles. The lowest BCUT2D eigenvalue weighted by Gasteiger charge is -2.10. The van der Waals surface area contributed by atoms with Crippen molar-refractivity contribution >= 4 is 16.7 Å². The molecule has 1 atom stereocenters.